The summed E-state index contributed by atoms with van der Waals surface area (Å²) >= 11 is 6.11. The van der Waals surface area contributed by atoms with Gasteiger partial charge in [0.1, 0.15) is 0 Å². The van der Waals surface area contributed by atoms with Gasteiger partial charge >= 0.3 is 5.97 Å². The van der Waals surface area contributed by atoms with Crippen molar-refractivity contribution in [1.82, 2.24) is 0 Å². The lowest BCUT2D eigenvalue weighted by Crippen LogP contribution is -2.15. The fourth-order valence-corrected chi connectivity index (χ4v) is 1.90. The minimum atomic E-state index is -0.351. The molecule has 0 aliphatic carbocycles. The Morgan fingerprint density at radius 2 is 2.22 bits per heavy atom. The van der Waals surface area contributed by atoms with Crippen molar-refractivity contribution in [2.75, 3.05) is 12.4 Å². The molecule has 0 heterocycles. The normalized spacial score (nSPS) is 12.0. The van der Waals surface area contributed by atoms with Crippen molar-refractivity contribution in [3.05, 3.63) is 28.8 Å². The number of nitrogens with one attached hydrogen (secondary N) is 1. The molecule has 1 atom stereocenters. The van der Waals surface area contributed by atoms with E-state index in [0.717, 1.165) is 12.1 Å². The lowest BCUT2D eigenvalue weighted by molar-refractivity contribution is 0.0601. The average molecular weight is 270 g/mol. The van der Waals surface area contributed by atoms with Crippen LogP contribution in [0.5, 0.6) is 0 Å². The summed E-state index contributed by atoms with van der Waals surface area (Å²) in [6.45, 7) is 4.27. The summed E-state index contributed by atoms with van der Waals surface area (Å²) in [6.07, 6.45) is 3.42. The maximum Gasteiger partial charge on any atom is 0.337 e. The second-order valence-electron chi connectivity index (χ2n) is 4.37. The van der Waals surface area contributed by atoms with Crippen LogP contribution in [-0.4, -0.2) is 19.1 Å². The number of rotatable bonds is 6. The molecule has 0 bridgehead atoms. The molecule has 0 aliphatic rings. The second-order valence-corrected chi connectivity index (χ2v) is 4.78. The fraction of sp³-hybridized carbons (Fsp3) is 0.500. The van der Waals surface area contributed by atoms with Gasteiger partial charge in [0, 0.05) is 6.04 Å². The zero-order valence-electron chi connectivity index (χ0n) is 11.1. The summed E-state index contributed by atoms with van der Waals surface area (Å²) in [5.74, 6) is -0.351. The van der Waals surface area contributed by atoms with Crippen LogP contribution >= 0.6 is 11.6 Å². The Bertz CT molecular complexity index is 407. The molecule has 100 valence electrons. The summed E-state index contributed by atoms with van der Waals surface area (Å²) in [6, 6.07) is 5.44. The van der Waals surface area contributed by atoms with Gasteiger partial charge in [-0.15, -0.1) is 0 Å². The number of benzene rings is 1. The highest BCUT2D eigenvalue weighted by Gasteiger charge is 2.10. The molecule has 0 radical (unpaired) electrons. The van der Waals surface area contributed by atoms with E-state index in [4.69, 9.17) is 16.3 Å². The Morgan fingerprint density at radius 3 is 2.83 bits per heavy atom. The molecule has 18 heavy (non-hydrogen) atoms. The number of esters is 1. The van der Waals surface area contributed by atoms with Crippen molar-refractivity contribution in [3.8, 4) is 0 Å². The van der Waals surface area contributed by atoms with Crippen molar-refractivity contribution in [2.45, 2.75) is 39.2 Å². The highest BCUT2D eigenvalue weighted by molar-refractivity contribution is 6.33. The van der Waals surface area contributed by atoms with Crippen LogP contribution in [0.2, 0.25) is 5.02 Å². The lowest BCUT2D eigenvalue weighted by atomic mass is 10.1. The molecular weight excluding hydrogens is 250 g/mol. The molecule has 1 aromatic rings. The van der Waals surface area contributed by atoms with Crippen LogP contribution in [0.15, 0.2) is 18.2 Å². The monoisotopic (exact) mass is 269 g/mol. The number of anilines is 1. The largest absolute Gasteiger partial charge is 0.465 e. The maximum atomic E-state index is 11.4. The van der Waals surface area contributed by atoms with Gasteiger partial charge in [0.05, 0.1) is 23.4 Å². The van der Waals surface area contributed by atoms with E-state index >= 15 is 0 Å². The average Bonchev–Trinajstić information content (AvgIpc) is 2.38. The number of hydrogen-bond donors (Lipinski definition) is 1. The number of carbonyl (C=O) groups excluding carboxylic acids is 1. The Morgan fingerprint density at radius 1 is 1.50 bits per heavy atom. The van der Waals surface area contributed by atoms with Crippen LogP contribution in [0.25, 0.3) is 0 Å². The molecule has 0 amide bonds. The molecule has 0 fully saturated rings. The van der Waals surface area contributed by atoms with Crippen LogP contribution < -0.4 is 5.32 Å². The van der Waals surface area contributed by atoms with Gasteiger partial charge in [0.25, 0.3) is 0 Å². The fourth-order valence-electron chi connectivity index (χ4n) is 1.73. The molecule has 0 spiro atoms. The molecule has 1 unspecified atom stereocenters. The zero-order chi connectivity index (χ0) is 13.5. The molecule has 4 heteroatoms. The number of hydrogen-bond acceptors (Lipinski definition) is 3. The van der Waals surface area contributed by atoms with Gasteiger partial charge in [-0.1, -0.05) is 31.4 Å². The summed E-state index contributed by atoms with van der Waals surface area (Å²) < 4.78 is 4.69. The van der Waals surface area contributed by atoms with Gasteiger partial charge in [-0.3, -0.25) is 0 Å². The van der Waals surface area contributed by atoms with Gasteiger partial charge in [-0.2, -0.15) is 0 Å². The number of ether oxygens (including phenoxy) is 1. The predicted octanol–water partition coefficient (Wildman–Crippen LogP) is 4.12. The molecule has 0 saturated carbocycles. The van der Waals surface area contributed by atoms with Gasteiger partial charge in [-0.25, -0.2) is 4.79 Å². The van der Waals surface area contributed by atoms with E-state index in [1.807, 2.05) is 0 Å². The number of halogens is 1. The first-order valence-electron chi connectivity index (χ1n) is 6.22. The third-order valence-corrected chi connectivity index (χ3v) is 3.11. The third kappa shape index (κ3) is 4.22. The topological polar surface area (TPSA) is 38.3 Å². The SMILES string of the molecule is CCCCC(C)Nc1cc(C(=O)OC)ccc1Cl. The smallest absolute Gasteiger partial charge is 0.337 e. The second kappa shape index (κ2) is 7.27. The van der Waals surface area contributed by atoms with Crippen molar-refractivity contribution < 1.29 is 9.53 Å². The number of carbonyl (C=O) groups is 1. The molecule has 0 saturated heterocycles. The zero-order valence-corrected chi connectivity index (χ0v) is 11.9. The van der Waals surface area contributed by atoms with Gasteiger partial charge in [0.15, 0.2) is 0 Å². The first kappa shape index (κ1) is 14.8. The van der Waals surface area contributed by atoms with E-state index in [1.54, 1.807) is 18.2 Å². The van der Waals surface area contributed by atoms with Crippen LogP contribution in [0.4, 0.5) is 5.69 Å². The lowest BCUT2D eigenvalue weighted by Gasteiger charge is -2.16. The summed E-state index contributed by atoms with van der Waals surface area (Å²) in [4.78, 5) is 11.4. The molecule has 0 aromatic heterocycles. The van der Waals surface area contributed by atoms with E-state index in [2.05, 4.69) is 19.2 Å². The standard InChI is InChI=1S/C14H20ClNO2/c1-4-5-6-10(2)16-13-9-11(14(17)18-3)7-8-12(13)15/h7-10,16H,4-6H2,1-3H3. The van der Waals surface area contributed by atoms with Crippen molar-refractivity contribution in [3.63, 3.8) is 0 Å². The number of unbranched alkanes of at least 4 members (excludes halogenated alkanes) is 1. The molecule has 3 nitrogen and oxygen atoms in total. The minimum absolute atomic E-state index is 0.329. The maximum absolute atomic E-state index is 11.4. The first-order valence-corrected chi connectivity index (χ1v) is 6.60. The Balaban J connectivity index is 2.77. The Hall–Kier alpha value is -1.22. The van der Waals surface area contributed by atoms with E-state index in [9.17, 15) is 4.79 Å². The molecule has 1 N–H and O–H groups in total. The summed E-state index contributed by atoms with van der Waals surface area (Å²) in [5, 5.41) is 3.94. The molecule has 0 aliphatic heterocycles. The van der Waals surface area contributed by atoms with Crippen molar-refractivity contribution in [2.24, 2.45) is 0 Å². The highest BCUT2D eigenvalue weighted by atomic mass is 35.5. The molecule has 1 rings (SSSR count). The number of methoxy groups -OCH3 is 1. The van der Waals surface area contributed by atoms with Crippen LogP contribution in [0.1, 0.15) is 43.5 Å². The van der Waals surface area contributed by atoms with Crippen LogP contribution in [0.3, 0.4) is 0 Å². The minimum Gasteiger partial charge on any atom is -0.465 e. The van der Waals surface area contributed by atoms with E-state index < -0.39 is 0 Å². The van der Waals surface area contributed by atoms with Gasteiger partial charge < -0.3 is 10.1 Å². The van der Waals surface area contributed by atoms with Gasteiger partial charge in [0.2, 0.25) is 0 Å². The first-order chi connectivity index (χ1) is 8.58. The Labute approximate surface area is 113 Å². The predicted molar refractivity (Wildman–Crippen MR) is 75.4 cm³/mol. The quantitative estimate of drug-likeness (QED) is 0.790. The summed E-state index contributed by atoms with van der Waals surface area (Å²) in [7, 11) is 1.37. The van der Waals surface area contributed by atoms with Crippen molar-refractivity contribution >= 4 is 23.3 Å². The highest BCUT2D eigenvalue weighted by Crippen LogP contribution is 2.24. The van der Waals surface area contributed by atoms with E-state index in [0.29, 0.717) is 16.6 Å². The Kier molecular flexibility index (Phi) is 5.99. The van der Waals surface area contributed by atoms with E-state index in [-0.39, 0.29) is 5.97 Å². The molecule has 1 aromatic carbocycles. The van der Waals surface area contributed by atoms with E-state index in [1.165, 1.54) is 20.0 Å². The van der Waals surface area contributed by atoms with Gasteiger partial charge in [-0.05, 0) is 31.5 Å². The third-order valence-electron chi connectivity index (χ3n) is 2.78. The van der Waals surface area contributed by atoms with Crippen molar-refractivity contribution in [1.29, 1.82) is 0 Å². The van der Waals surface area contributed by atoms with Crippen LogP contribution in [-0.2, 0) is 4.74 Å². The summed E-state index contributed by atoms with van der Waals surface area (Å²) in [5.41, 5.74) is 1.29. The molecular formula is C14H20ClNO2. The van der Waals surface area contributed by atoms with Crippen LogP contribution in [0, 0.1) is 0 Å².